The molecule has 1 unspecified atom stereocenters. The van der Waals surface area contributed by atoms with Crippen molar-refractivity contribution in [1.29, 1.82) is 0 Å². The zero-order valence-electron chi connectivity index (χ0n) is 11.0. The molecule has 1 aliphatic rings. The molecular formula is C14H22N2O. The number of hydrogen-bond acceptors (Lipinski definition) is 3. The van der Waals surface area contributed by atoms with Gasteiger partial charge in [0.1, 0.15) is 6.33 Å². The van der Waals surface area contributed by atoms with Gasteiger partial charge in [-0.25, -0.2) is 9.97 Å². The number of aromatic nitrogens is 2. The van der Waals surface area contributed by atoms with Gasteiger partial charge in [0, 0.05) is 17.8 Å². The molecule has 2 rings (SSSR count). The fraction of sp³-hybridized carbons (Fsp3) is 0.714. The first-order chi connectivity index (χ1) is 7.98. The number of rotatable bonds is 2. The van der Waals surface area contributed by atoms with Crippen molar-refractivity contribution in [2.75, 3.05) is 0 Å². The molecule has 0 bridgehead atoms. The Kier molecular flexibility index (Phi) is 3.48. The molecule has 0 radical (unpaired) electrons. The lowest BCUT2D eigenvalue weighted by atomic mass is 9.84. The Morgan fingerprint density at radius 1 is 1.24 bits per heavy atom. The highest BCUT2D eigenvalue weighted by molar-refractivity contribution is 5.27. The van der Waals surface area contributed by atoms with Crippen molar-refractivity contribution < 1.29 is 5.11 Å². The fourth-order valence-electron chi connectivity index (χ4n) is 2.25. The zero-order chi connectivity index (χ0) is 12.5. The standard InChI is InChI=1S/C14H22N2O/c1-14(2,3)13(17)8-12-10-6-4-5-7-11(10)15-9-16-12/h9,13,17H,4-8H2,1-3H3. The highest BCUT2D eigenvalue weighted by Gasteiger charge is 2.25. The molecule has 1 aromatic heterocycles. The molecule has 1 N–H and O–H groups in total. The van der Waals surface area contributed by atoms with E-state index >= 15 is 0 Å². The number of aryl methyl sites for hydroxylation is 1. The molecule has 3 heteroatoms. The molecule has 17 heavy (non-hydrogen) atoms. The predicted octanol–water partition coefficient (Wildman–Crippen LogP) is 2.30. The molecule has 0 saturated carbocycles. The molecule has 0 spiro atoms. The average molecular weight is 234 g/mol. The van der Waals surface area contributed by atoms with Crippen molar-refractivity contribution >= 4 is 0 Å². The Labute approximate surface area is 103 Å². The van der Waals surface area contributed by atoms with Gasteiger partial charge in [-0.3, -0.25) is 0 Å². The Bertz CT molecular complexity index is 396. The van der Waals surface area contributed by atoms with Crippen LogP contribution in [0, 0.1) is 5.41 Å². The molecule has 1 heterocycles. The van der Waals surface area contributed by atoms with Crippen LogP contribution in [0.3, 0.4) is 0 Å². The summed E-state index contributed by atoms with van der Waals surface area (Å²) in [5.74, 6) is 0. The van der Waals surface area contributed by atoms with E-state index in [9.17, 15) is 5.11 Å². The maximum atomic E-state index is 10.2. The summed E-state index contributed by atoms with van der Waals surface area (Å²) in [5.41, 5.74) is 3.45. The van der Waals surface area contributed by atoms with Gasteiger partial charge in [-0.05, 0) is 36.7 Å². The van der Waals surface area contributed by atoms with E-state index < -0.39 is 0 Å². The first kappa shape index (κ1) is 12.5. The number of aliphatic hydroxyl groups is 1. The van der Waals surface area contributed by atoms with Crippen LogP contribution in [-0.4, -0.2) is 21.2 Å². The second-order valence-corrected chi connectivity index (χ2v) is 6.04. The van der Waals surface area contributed by atoms with Crippen molar-refractivity contribution in [3.63, 3.8) is 0 Å². The van der Waals surface area contributed by atoms with E-state index in [2.05, 4.69) is 30.7 Å². The molecule has 0 aromatic carbocycles. The van der Waals surface area contributed by atoms with Crippen LogP contribution in [-0.2, 0) is 19.3 Å². The molecule has 0 amide bonds. The van der Waals surface area contributed by atoms with E-state index in [1.54, 1.807) is 6.33 Å². The molecule has 3 nitrogen and oxygen atoms in total. The normalized spacial score (nSPS) is 17.6. The van der Waals surface area contributed by atoms with Crippen LogP contribution < -0.4 is 0 Å². The Hall–Kier alpha value is -0.960. The van der Waals surface area contributed by atoms with Gasteiger partial charge in [0.2, 0.25) is 0 Å². The van der Waals surface area contributed by atoms with E-state index in [-0.39, 0.29) is 11.5 Å². The molecule has 94 valence electrons. The van der Waals surface area contributed by atoms with Crippen molar-refractivity contribution in [3.05, 3.63) is 23.3 Å². The zero-order valence-corrected chi connectivity index (χ0v) is 11.0. The number of aliphatic hydroxyl groups excluding tert-OH is 1. The SMILES string of the molecule is CC(C)(C)C(O)Cc1ncnc2c1CCCC2. The molecule has 1 aliphatic carbocycles. The third-order valence-electron chi connectivity index (χ3n) is 3.60. The Balaban J connectivity index is 2.22. The highest BCUT2D eigenvalue weighted by atomic mass is 16.3. The lowest BCUT2D eigenvalue weighted by molar-refractivity contribution is 0.0625. The van der Waals surface area contributed by atoms with Crippen molar-refractivity contribution in [2.24, 2.45) is 5.41 Å². The molecule has 0 fully saturated rings. The van der Waals surface area contributed by atoms with Gasteiger partial charge in [0.05, 0.1) is 6.10 Å². The lowest BCUT2D eigenvalue weighted by Crippen LogP contribution is -2.29. The number of fused-ring (bicyclic) bond motifs is 1. The van der Waals surface area contributed by atoms with Gasteiger partial charge in [-0.1, -0.05) is 20.8 Å². The van der Waals surface area contributed by atoms with E-state index in [1.807, 2.05) is 0 Å². The van der Waals surface area contributed by atoms with Gasteiger partial charge in [-0.2, -0.15) is 0 Å². The van der Waals surface area contributed by atoms with Crippen LogP contribution in [0.2, 0.25) is 0 Å². The minimum atomic E-state index is -0.344. The maximum Gasteiger partial charge on any atom is 0.115 e. The maximum absolute atomic E-state index is 10.2. The summed E-state index contributed by atoms with van der Waals surface area (Å²) < 4.78 is 0. The van der Waals surface area contributed by atoms with Gasteiger partial charge >= 0.3 is 0 Å². The van der Waals surface area contributed by atoms with Gasteiger partial charge in [-0.15, -0.1) is 0 Å². The van der Waals surface area contributed by atoms with Crippen LogP contribution in [0.15, 0.2) is 6.33 Å². The molecule has 1 atom stereocenters. The molecule has 0 aliphatic heterocycles. The lowest BCUT2D eigenvalue weighted by Gasteiger charge is -2.27. The van der Waals surface area contributed by atoms with E-state index in [1.165, 1.54) is 24.1 Å². The van der Waals surface area contributed by atoms with E-state index in [4.69, 9.17) is 0 Å². The third-order valence-corrected chi connectivity index (χ3v) is 3.60. The predicted molar refractivity (Wildman–Crippen MR) is 67.8 cm³/mol. The minimum absolute atomic E-state index is 0.0908. The molecular weight excluding hydrogens is 212 g/mol. The third kappa shape index (κ3) is 2.83. The van der Waals surface area contributed by atoms with Crippen molar-refractivity contribution in [2.45, 2.75) is 59.0 Å². The summed E-state index contributed by atoms with van der Waals surface area (Å²) in [5, 5.41) is 10.2. The average Bonchev–Trinajstić information content (AvgIpc) is 2.28. The highest BCUT2D eigenvalue weighted by Crippen LogP contribution is 2.26. The smallest absolute Gasteiger partial charge is 0.115 e. The van der Waals surface area contributed by atoms with E-state index in [0.717, 1.165) is 18.5 Å². The molecule has 0 saturated heterocycles. The minimum Gasteiger partial charge on any atom is -0.392 e. The first-order valence-electron chi connectivity index (χ1n) is 6.48. The van der Waals surface area contributed by atoms with Crippen LogP contribution in [0.4, 0.5) is 0 Å². The summed E-state index contributed by atoms with van der Waals surface area (Å²) >= 11 is 0. The fourth-order valence-corrected chi connectivity index (χ4v) is 2.25. The Morgan fingerprint density at radius 3 is 2.65 bits per heavy atom. The topological polar surface area (TPSA) is 46.0 Å². The summed E-state index contributed by atoms with van der Waals surface area (Å²) in [7, 11) is 0. The number of nitrogens with zero attached hydrogens (tertiary/aromatic N) is 2. The first-order valence-corrected chi connectivity index (χ1v) is 6.48. The van der Waals surface area contributed by atoms with Gasteiger partial charge in [0.25, 0.3) is 0 Å². The van der Waals surface area contributed by atoms with Crippen LogP contribution in [0.1, 0.15) is 50.6 Å². The quantitative estimate of drug-likeness (QED) is 0.854. The Morgan fingerprint density at radius 2 is 1.94 bits per heavy atom. The van der Waals surface area contributed by atoms with Crippen molar-refractivity contribution in [1.82, 2.24) is 9.97 Å². The van der Waals surface area contributed by atoms with Crippen LogP contribution in [0.25, 0.3) is 0 Å². The van der Waals surface area contributed by atoms with Gasteiger partial charge in [0.15, 0.2) is 0 Å². The van der Waals surface area contributed by atoms with Gasteiger partial charge < -0.3 is 5.11 Å². The van der Waals surface area contributed by atoms with E-state index in [0.29, 0.717) is 6.42 Å². The largest absolute Gasteiger partial charge is 0.392 e. The monoisotopic (exact) mass is 234 g/mol. The second kappa shape index (κ2) is 4.73. The second-order valence-electron chi connectivity index (χ2n) is 6.04. The van der Waals surface area contributed by atoms with Crippen molar-refractivity contribution in [3.8, 4) is 0 Å². The molecule has 1 aromatic rings. The summed E-state index contributed by atoms with van der Waals surface area (Å²) in [6.07, 6.45) is 6.54. The summed E-state index contributed by atoms with van der Waals surface area (Å²) in [4.78, 5) is 8.73. The van der Waals surface area contributed by atoms with Crippen LogP contribution >= 0.6 is 0 Å². The number of hydrogen-bond donors (Lipinski definition) is 1. The summed E-state index contributed by atoms with van der Waals surface area (Å²) in [6.45, 7) is 6.18. The van der Waals surface area contributed by atoms with Crippen LogP contribution in [0.5, 0.6) is 0 Å². The summed E-state index contributed by atoms with van der Waals surface area (Å²) in [6, 6.07) is 0.